The minimum atomic E-state index is -4.46. The second-order valence-electron chi connectivity index (χ2n) is 6.73. The van der Waals surface area contributed by atoms with Crippen molar-refractivity contribution >= 4 is 5.91 Å². The Kier molecular flexibility index (Phi) is 4.84. The molecule has 0 saturated carbocycles. The van der Waals surface area contributed by atoms with E-state index in [1.165, 1.54) is 19.2 Å². The molecular formula is C20H17F3N4O3. The minimum Gasteiger partial charge on any atom is -0.491 e. The molecule has 1 aromatic carbocycles. The number of benzene rings is 1. The topological polar surface area (TPSA) is 78.3 Å². The number of amides is 1. The van der Waals surface area contributed by atoms with E-state index in [-0.39, 0.29) is 23.9 Å². The monoisotopic (exact) mass is 418 g/mol. The van der Waals surface area contributed by atoms with Gasteiger partial charge in [-0.05, 0) is 31.2 Å². The normalized spacial score (nSPS) is 15.4. The van der Waals surface area contributed by atoms with Crippen LogP contribution in [0.15, 0.2) is 42.9 Å². The number of imidazole rings is 1. The third-order valence-electron chi connectivity index (χ3n) is 4.68. The molecular weight excluding hydrogens is 401 g/mol. The van der Waals surface area contributed by atoms with Crippen LogP contribution in [-0.2, 0) is 6.18 Å². The van der Waals surface area contributed by atoms with Crippen LogP contribution in [0.1, 0.15) is 33.4 Å². The van der Waals surface area contributed by atoms with E-state index in [1.54, 1.807) is 23.2 Å². The van der Waals surface area contributed by atoms with Crippen LogP contribution >= 0.6 is 0 Å². The van der Waals surface area contributed by atoms with Gasteiger partial charge in [-0.1, -0.05) is 6.07 Å². The largest absolute Gasteiger partial charge is 0.491 e. The van der Waals surface area contributed by atoms with E-state index in [1.807, 2.05) is 6.92 Å². The Morgan fingerprint density at radius 1 is 1.30 bits per heavy atom. The summed E-state index contributed by atoms with van der Waals surface area (Å²) < 4.78 is 50.9. The third kappa shape index (κ3) is 3.68. The van der Waals surface area contributed by atoms with E-state index in [9.17, 15) is 18.0 Å². The number of carbonyl (C=O) groups is 1. The molecule has 1 atom stereocenters. The van der Waals surface area contributed by atoms with Crippen LogP contribution in [0, 0.1) is 6.92 Å². The first-order valence-corrected chi connectivity index (χ1v) is 8.97. The van der Waals surface area contributed by atoms with Gasteiger partial charge in [-0.2, -0.15) is 13.2 Å². The summed E-state index contributed by atoms with van der Waals surface area (Å²) in [7, 11) is 1.44. The van der Waals surface area contributed by atoms with Crippen molar-refractivity contribution in [2.75, 3.05) is 13.7 Å². The van der Waals surface area contributed by atoms with Crippen molar-refractivity contribution in [3.05, 3.63) is 65.4 Å². The highest BCUT2D eigenvalue weighted by atomic mass is 19.4. The number of rotatable bonds is 4. The summed E-state index contributed by atoms with van der Waals surface area (Å²) in [6.45, 7) is 1.88. The molecule has 2 aromatic heterocycles. The van der Waals surface area contributed by atoms with E-state index in [0.717, 1.165) is 17.8 Å². The van der Waals surface area contributed by atoms with Gasteiger partial charge < -0.3 is 19.4 Å². The number of methoxy groups -OCH3 is 1. The van der Waals surface area contributed by atoms with Crippen LogP contribution in [0.5, 0.6) is 11.6 Å². The zero-order valence-corrected chi connectivity index (χ0v) is 16.0. The number of aryl methyl sites for hydroxylation is 1. The average molecular weight is 418 g/mol. The van der Waals surface area contributed by atoms with Crippen molar-refractivity contribution in [3.8, 4) is 17.3 Å². The van der Waals surface area contributed by atoms with E-state index in [0.29, 0.717) is 11.3 Å². The van der Waals surface area contributed by atoms with Crippen molar-refractivity contribution in [2.24, 2.45) is 0 Å². The van der Waals surface area contributed by atoms with E-state index < -0.39 is 23.7 Å². The van der Waals surface area contributed by atoms with Crippen LogP contribution in [0.3, 0.4) is 0 Å². The molecule has 4 rings (SSSR count). The summed E-state index contributed by atoms with van der Waals surface area (Å²) in [5.74, 6) is -0.160. The molecule has 1 amide bonds. The van der Waals surface area contributed by atoms with Crippen LogP contribution in [0.25, 0.3) is 5.69 Å². The number of hydrogen-bond acceptors (Lipinski definition) is 5. The Bertz CT molecular complexity index is 1110. The molecule has 1 aliphatic rings. The molecule has 0 saturated heterocycles. The first-order valence-electron chi connectivity index (χ1n) is 8.97. The summed E-state index contributed by atoms with van der Waals surface area (Å²) in [6.07, 6.45) is -1.06. The first kappa shape index (κ1) is 19.7. The van der Waals surface area contributed by atoms with Gasteiger partial charge in [-0.3, -0.25) is 4.79 Å². The van der Waals surface area contributed by atoms with Crippen LogP contribution in [0.2, 0.25) is 0 Å². The number of nitrogens with zero attached hydrogens (tertiary/aromatic N) is 3. The number of halogens is 3. The molecule has 1 N–H and O–H groups in total. The predicted octanol–water partition coefficient (Wildman–Crippen LogP) is 3.47. The maximum atomic E-state index is 12.9. The predicted molar refractivity (Wildman–Crippen MR) is 99.8 cm³/mol. The molecule has 7 nitrogen and oxygen atoms in total. The number of nitrogens with one attached hydrogen (secondary N) is 1. The van der Waals surface area contributed by atoms with Crippen molar-refractivity contribution in [1.82, 2.24) is 19.9 Å². The molecule has 0 bridgehead atoms. The van der Waals surface area contributed by atoms with Gasteiger partial charge >= 0.3 is 6.18 Å². The molecule has 0 fully saturated rings. The lowest BCUT2D eigenvalue weighted by Crippen LogP contribution is -2.30. The lowest BCUT2D eigenvalue weighted by atomic mass is 10.1. The fourth-order valence-electron chi connectivity index (χ4n) is 3.20. The molecule has 0 aliphatic carbocycles. The number of alkyl halides is 3. The second-order valence-corrected chi connectivity index (χ2v) is 6.73. The highest BCUT2D eigenvalue weighted by Crippen LogP contribution is 2.38. The molecule has 1 aliphatic heterocycles. The number of carbonyl (C=O) groups excluding carboxylic acids is 1. The smallest absolute Gasteiger partial charge is 0.416 e. The van der Waals surface area contributed by atoms with Gasteiger partial charge in [0, 0.05) is 11.8 Å². The van der Waals surface area contributed by atoms with Crippen molar-refractivity contribution in [3.63, 3.8) is 0 Å². The van der Waals surface area contributed by atoms with Gasteiger partial charge in [0.05, 0.1) is 30.7 Å². The Morgan fingerprint density at radius 3 is 2.77 bits per heavy atom. The Hall–Kier alpha value is -3.56. The van der Waals surface area contributed by atoms with Crippen molar-refractivity contribution < 1.29 is 27.4 Å². The van der Waals surface area contributed by atoms with Crippen molar-refractivity contribution in [1.29, 1.82) is 0 Å². The van der Waals surface area contributed by atoms with Gasteiger partial charge in [-0.15, -0.1) is 0 Å². The number of hydrogen-bond donors (Lipinski definition) is 1. The van der Waals surface area contributed by atoms with Gasteiger partial charge in [-0.25, -0.2) is 9.97 Å². The number of fused-ring (bicyclic) bond motifs is 1. The lowest BCUT2D eigenvalue weighted by Gasteiger charge is -2.14. The minimum absolute atomic E-state index is 0.0336. The van der Waals surface area contributed by atoms with Crippen molar-refractivity contribution in [2.45, 2.75) is 19.1 Å². The first-order chi connectivity index (χ1) is 14.3. The summed E-state index contributed by atoms with van der Waals surface area (Å²) in [4.78, 5) is 21.1. The summed E-state index contributed by atoms with van der Waals surface area (Å²) in [5.41, 5.74) is 1.21. The molecule has 0 radical (unpaired) electrons. The molecule has 3 aromatic rings. The van der Waals surface area contributed by atoms with Crippen LogP contribution in [-0.4, -0.2) is 34.2 Å². The zero-order valence-electron chi connectivity index (χ0n) is 16.0. The molecule has 0 spiro atoms. The van der Waals surface area contributed by atoms with Gasteiger partial charge in [0.2, 0.25) is 5.88 Å². The Balaban J connectivity index is 1.54. The van der Waals surface area contributed by atoms with Crippen LogP contribution < -0.4 is 14.8 Å². The SMILES string of the molecule is COc1nc(C(=O)N[C@H]2COc3cc(C(F)(F)F)ccc32)ccc1-n1cnc(C)c1. The third-order valence-corrected chi connectivity index (χ3v) is 4.68. The second kappa shape index (κ2) is 7.36. The quantitative estimate of drug-likeness (QED) is 0.702. The highest BCUT2D eigenvalue weighted by Gasteiger charge is 2.34. The molecule has 10 heteroatoms. The Morgan fingerprint density at radius 2 is 2.10 bits per heavy atom. The van der Waals surface area contributed by atoms with Gasteiger partial charge in [0.25, 0.3) is 5.91 Å². The number of aromatic nitrogens is 3. The summed E-state index contributed by atoms with van der Waals surface area (Å²) >= 11 is 0. The standard InChI is InChI=1S/C20H17F3N4O3/c1-11-8-27(10-24-11)16-6-5-14(26-19(16)29-2)18(28)25-15-9-30-17-7-12(20(21,22)23)3-4-13(15)17/h3-8,10,15H,9H2,1-2H3,(H,25,28)/t15-/m0/s1. The summed E-state index contributed by atoms with van der Waals surface area (Å²) in [5, 5.41) is 2.74. The van der Waals surface area contributed by atoms with Gasteiger partial charge in [0.1, 0.15) is 23.7 Å². The average Bonchev–Trinajstić information content (AvgIpc) is 3.32. The molecule has 3 heterocycles. The Labute approximate surface area is 169 Å². The maximum absolute atomic E-state index is 12.9. The maximum Gasteiger partial charge on any atom is 0.416 e. The van der Waals surface area contributed by atoms with E-state index >= 15 is 0 Å². The summed E-state index contributed by atoms with van der Waals surface area (Å²) in [6, 6.07) is 5.84. The number of ether oxygens (including phenoxy) is 2. The fourth-order valence-corrected chi connectivity index (χ4v) is 3.20. The molecule has 30 heavy (non-hydrogen) atoms. The lowest BCUT2D eigenvalue weighted by molar-refractivity contribution is -0.137. The van der Waals surface area contributed by atoms with E-state index in [2.05, 4.69) is 15.3 Å². The van der Waals surface area contributed by atoms with Crippen LogP contribution in [0.4, 0.5) is 13.2 Å². The highest BCUT2D eigenvalue weighted by molar-refractivity contribution is 5.93. The molecule has 156 valence electrons. The fraction of sp³-hybridized carbons (Fsp3) is 0.250. The van der Waals surface area contributed by atoms with E-state index in [4.69, 9.17) is 9.47 Å². The zero-order chi connectivity index (χ0) is 21.5. The number of pyridine rings is 1. The molecule has 0 unspecified atom stereocenters. The van der Waals surface area contributed by atoms with Gasteiger partial charge in [0.15, 0.2) is 0 Å².